The van der Waals surface area contributed by atoms with Crippen molar-refractivity contribution < 1.29 is 8.42 Å². The monoisotopic (exact) mass is 308 g/mol. The Morgan fingerprint density at radius 3 is 2.19 bits per heavy atom. The van der Waals surface area contributed by atoms with Gasteiger partial charge >= 0.3 is 0 Å². The zero-order valence-electron chi connectivity index (χ0n) is 12.7. The first kappa shape index (κ1) is 15.0. The minimum absolute atomic E-state index is 0.416. The van der Waals surface area contributed by atoms with Crippen molar-refractivity contribution in [3.8, 4) is 0 Å². The van der Waals surface area contributed by atoms with Crippen molar-refractivity contribution >= 4 is 10.0 Å². The third-order valence-corrected chi connectivity index (χ3v) is 6.53. The number of sulfonamides is 1. The Labute approximate surface area is 127 Å². The van der Waals surface area contributed by atoms with Crippen molar-refractivity contribution in [1.29, 1.82) is 0 Å². The highest BCUT2D eigenvalue weighted by atomic mass is 32.2. The molecule has 2 aliphatic rings. The predicted molar refractivity (Wildman–Crippen MR) is 83.4 cm³/mol. The van der Waals surface area contributed by atoms with Crippen LogP contribution in [0.3, 0.4) is 0 Å². The number of hydrogen-bond acceptors (Lipinski definition) is 3. The summed E-state index contributed by atoms with van der Waals surface area (Å²) in [5.41, 5.74) is 1.14. The maximum absolute atomic E-state index is 12.6. The van der Waals surface area contributed by atoms with Crippen LogP contribution in [-0.4, -0.2) is 31.9 Å². The third-order valence-electron chi connectivity index (χ3n) is 4.69. The Morgan fingerprint density at radius 1 is 1.10 bits per heavy atom. The molecular weight excluding hydrogens is 284 g/mol. The molecule has 2 unspecified atom stereocenters. The number of rotatable bonds is 5. The van der Waals surface area contributed by atoms with E-state index in [9.17, 15) is 8.42 Å². The van der Waals surface area contributed by atoms with E-state index >= 15 is 0 Å². The van der Waals surface area contributed by atoms with E-state index in [2.05, 4.69) is 19.2 Å². The van der Waals surface area contributed by atoms with Gasteiger partial charge in [-0.05, 0) is 42.4 Å². The molecule has 0 aromatic heterocycles. The molecule has 116 valence electrons. The molecule has 1 heterocycles. The predicted octanol–water partition coefficient (Wildman–Crippen LogP) is 2.22. The lowest BCUT2D eigenvalue weighted by molar-refractivity contribution is 0.463. The first-order chi connectivity index (χ1) is 9.96. The minimum Gasteiger partial charge on any atom is -0.310 e. The van der Waals surface area contributed by atoms with Gasteiger partial charge in [-0.1, -0.05) is 26.0 Å². The van der Waals surface area contributed by atoms with Crippen LogP contribution in [-0.2, 0) is 16.6 Å². The molecule has 0 bridgehead atoms. The zero-order valence-corrected chi connectivity index (χ0v) is 13.6. The van der Waals surface area contributed by atoms with Crippen molar-refractivity contribution in [1.82, 2.24) is 9.62 Å². The summed E-state index contributed by atoms with van der Waals surface area (Å²) in [4.78, 5) is 0.416. The average molecular weight is 308 g/mol. The molecule has 0 radical (unpaired) electrons. The van der Waals surface area contributed by atoms with Gasteiger partial charge in [0.1, 0.15) is 0 Å². The van der Waals surface area contributed by atoms with Crippen molar-refractivity contribution in [2.24, 2.45) is 11.8 Å². The van der Waals surface area contributed by atoms with E-state index in [0.717, 1.165) is 12.1 Å². The summed E-state index contributed by atoms with van der Waals surface area (Å²) in [6, 6.07) is 8.00. The van der Waals surface area contributed by atoms with Crippen LogP contribution in [0.2, 0.25) is 0 Å². The summed E-state index contributed by atoms with van der Waals surface area (Å²) >= 11 is 0. The Hall–Kier alpha value is -0.910. The Kier molecular flexibility index (Phi) is 4.08. The Balaban J connectivity index is 1.70. The summed E-state index contributed by atoms with van der Waals surface area (Å²) in [7, 11) is -3.33. The topological polar surface area (TPSA) is 49.4 Å². The quantitative estimate of drug-likeness (QED) is 0.907. The van der Waals surface area contributed by atoms with Crippen LogP contribution < -0.4 is 5.32 Å². The summed E-state index contributed by atoms with van der Waals surface area (Å²) < 4.78 is 26.9. The fourth-order valence-electron chi connectivity index (χ4n) is 2.75. The smallest absolute Gasteiger partial charge is 0.243 e. The van der Waals surface area contributed by atoms with Crippen LogP contribution in [0.15, 0.2) is 29.2 Å². The highest BCUT2D eigenvalue weighted by Gasteiger charge is 2.34. The summed E-state index contributed by atoms with van der Waals surface area (Å²) in [5.74, 6) is 0.864. The fourth-order valence-corrected chi connectivity index (χ4v) is 4.39. The van der Waals surface area contributed by atoms with Gasteiger partial charge in [0.2, 0.25) is 10.0 Å². The average Bonchev–Trinajstić information content (AvgIpc) is 3.23. The first-order valence-electron chi connectivity index (χ1n) is 7.79. The van der Waals surface area contributed by atoms with Crippen LogP contribution in [0, 0.1) is 11.8 Å². The summed E-state index contributed by atoms with van der Waals surface area (Å²) in [5, 5.41) is 3.44. The molecule has 1 aromatic carbocycles. The van der Waals surface area contributed by atoms with Gasteiger partial charge in [0.15, 0.2) is 0 Å². The summed E-state index contributed by atoms with van der Waals surface area (Å²) in [6.45, 7) is 6.32. The molecule has 0 amide bonds. The van der Waals surface area contributed by atoms with Crippen LogP contribution in [0.25, 0.3) is 0 Å². The lowest BCUT2D eigenvalue weighted by Gasteiger charge is -2.16. The standard InChI is InChI=1S/C16H24N2O2S/c1-12-10-18(11-13(12)2)21(19,20)16-7-3-14(4-8-16)9-17-15-5-6-15/h3-4,7-8,12-13,15,17H,5-6,9-11H2,1-2H3. The second-order valence-corrected chi connectivity index (χ2v) is 8.51. The maximum Gasteiger partial charge on any atom is 0.243 e. The molecule has 21 heavy (non-hydrogen) atoms. The van der Waals surface area contributed by atoms with E-state index in [4.69, 9.17) is 0 Å². The van der Waals surface area contributed by atoms with Gasteiger partial charge in [0, 0.05) is 25.7 Å². The molecule has 1 aliphatic carbocycles. The van der Waals surface area contributed by atoms with E-state index < -0.39 is 10.0 Å². The number of nitrogens with one attached hydrogen (secondary N) is 1. The van der Waals surface area contributed by atoms with Crippen LogP contribution in [0.1, 0.15) is 32.3 Å². The van der Waals surface area contributed by atoms with E-state index in [0.29, 0.717) is 35.9 Å². The van der Waals surface area contributed by atoms with Crippen LogP contribution in [0.5, 0.6) is 0 Å². The van der Waals surface area contributed by atoms with Crippen molar-refractivity contribution in [2.45, 2.75) is 44.2 Å². The van der Waals surface area contributed by atoms with Crippen LogP contribution in [0.4, 0.5) is 0 Å². The third kappa shape index (κ3) is 3.30. The largest absolute Gasteiger partial charge is 0.310 e. The van der Waals surface area contributed by atoms with Gasteiger partial charge in [-0.3, -0.25) is 0 Å². The zero-order chi connectivity index (χ0) is 15.0. The highest BCUT2D eigenvalue weighted by molar-refractivity contribution is 7.89. The van der Waals surface area contributed by atoms with Gasteiger partial charge in [-0.15, -0.1) is 0 Å². The van der Waals surface area contributed by atoms with Crippen molar-refractivity contribution in [3.63, 3.8) is 0 Å². The van der Waals surface area contributed by atoms with E-state index in [1.54, 1.807) is 16.4 Å². The second-order valence-electron chi connectivity index (χ2n) is 6.58. The molecule has 0 spiro atoms. The SMILES string of the molecule is CC1CN(S(=O)(=O)c2ccc(CNC3CC3)cc2)CC1C. The van der Waals surface area contributed by atoms with Crippen LogP contribution >= 0.6 is 0 Å². The van der Waals surface area contributed by atoms with Gasteiger partial charge in [-0.2, -0.15) is 4.31 Å². The highest BCUT2D eigenvalue weighted by Crippen LogP contribution is 2.28. The molecule has 2 atom stereocenters. The lowest BCUT2D eigenvalue weighted by atomic mass is 10.0. The Morgan fingerprint density at radius 2 is 1.67 bits per heavy atom. The number of nitrogens with zero attached hydrogens (tertiary/aromatic N) is 1. The molecule has 4 nitrogen and oxygen atoms in total. The van der Waals surface area contributed by atoms with Gasteiger partial charge < -0.3 is 5.32 Å². The van der Waals surface area contributed by atoms with E-state index in [-0.39, 0.29) is 0 Å². The van der Waals surface area contributed by atoms with Gasteiger partial charge in [-0.25, -0.2) is 8.42 Å². The molecule has 1 saturated heterocycles. The van der Waals surface area contributed by atoms with Crippen molar-refractivity contribution in [2.75, 3.05) is 13.1 Å². The molecule has 5 heteroatoms. The molecule has 2 fully saturated rings. The normalized spacial score (nSPS) is 27.1. The fraction of sp³-hybridized carbons (Fsp3) is 0.625. The van der Waals surface area contributed by atoms with Gasteiger partial charge in [0.25, 0.3) is 0 Å². The maximum atomic E-state index is 12.6. The molecule has 1 saturated carbocycles. The minimum atomic E-state index is -3.33. The molecule has 1 aromatic rings. The van der Waals surface area contributed by atoms with E-state index in [1.165, 1.54) is 12.8 Å². The number of benzene rings is 1. The summed E-state index contributed by atoms with van der Waals surface area (Å²) in [6.07, 6.45) is 2.52. The molecular formula is C16H24N2O2S. The second kappa shape index (κ2) is 5.71. The molecule has 1 aliphatic heterocycles. The van der Waals surface area contributed by atoms with E-state index in [1.807, 2.05) is 12.1 Å². The molecule has 3 rings (SSSR count). The lowest BCUT2D eigenvalue weighted by Crippen LogP contribution is -2.29. The first-order valence-corrected chi connectivity index (χ1v) is 9.23. The van der Waals surface area contributed by atoms with Gasteiger partial charge in [0.05, 0.1) is 4.90 Å². The van der Waals surface area contributed by atoms with Crippen molar-refractivity contribution in [3.05, 3.63) is 29.8 Å². The number of hydrogen-bond donors (Lipinski definition) is 1. The Bertz CT molecular complexity index is 583. The molecule has 1 N–H and O–H groups in total.